The molecule has 1 heterocycles. The predicted molar refractivity (Wildman–Crippen MR) is 68.2 cm³/mol. The van der Waals surface area contributed by atoms with Gasteiger partial charge in [-0.2, -0.15) is 4.31 Å². The average molecular weight is 261 g/mol. The van der Waals surface area contributed by atoms with Crippen LogP contribution in [-0.2, 0) is 10.0 Å². The fraction of sp³-hybridized carbons (Fsp3) is 1.00. The van der Waals surface area contributed by atoms with Crippen molar-refractivity contribution < 1.29 is 8.42 Å². The first-order chi connectivity index (χ1) is 7.97. The van der Waals surface area contributed by atoms with E-state index < -0.39 is 10.0 Å². The van der Waals surface area contributed by atoms with E-state index in [9.17, 15) is 8.42 Å². The second-order valence-corrected chi connectivity index (χ2v) is 7.28. The lowest BCUT2D eigenvalue weighted by Gasteiger charge is -2.33. The molecule has 0 bridgehead atoms. The summed E-state index contributed by atoms with van der Waals surface area (Å²) in [5.41, 5.74) is 6.06. The van der Waals surface area contributed by atoms with Gasteiger partial charge in [0.15, 0.2) is 0 Å². The highest BCUT2D eigenvalue weighted by molar-refractivity contribution is 7.88. The second-order valence-electron chi connectivity index (χ2n) is 5.29. The Bertz CT molecular complexity index is 346. The number of nitrogens with two attached hydrogens (primary N) is 1. The van der Waals surface area contributed by atoms with Crippen LogP contribution in [0.5, 0.6) is 0 Å². The molecule has 0 aromatic heterocycles. The van der Waals surface area contributed by atoms with Crippen molar-refractivity contribution in [3.8, 4) is 0 Å². The van der Waals surface area contributed by atoms with Gasteiger partial charge in [-0.3, -0.25) is 0 Å². The molecule has 2 rings (SSSR count). The van der Waals surface area contributed by atoms with Crippen molar-refractivity contribution in [1.82, 2.24) is 9.21 Å². The van der Waals surface area contributed by atoms with Crippen LogP contribution in [0.1, 0.15) is 19.3 Å². The largest absolute Gasteiger partial charge is 0.327 e. The van der Waals surface area contributed by atoms with Gasteiger partial charge in [0.25, 0.3) is 0 Å². The fourth-order valence-corrected chi connectivity index (χ4v) is 3.20. The molecular formula is C11H23N3O2S. The zero-order chi connectivity index (χ0) is 12.5. The van der Waals surface area contributed by atoms with Crippen LogP contribution in [0.25, 0.3) is 0 Å². The van der Waals surface area contributed by atoms with E-state index >= 15 is 0 Å². The summed E-state index contributed by atoms with van der Waals surface area (Å²) < 4.78 is 24.2. The standard InChI is InChI=1S/C11H23N3O2S/c1-17(15,16)14-8-6-13(7-9-14)5-4-11(12)10-2-3-10/h10-11H,2-9,12H2,1H3. The van der Waals surface area contributed by atoms with Gasteiger partial charge < -0.3 is 10.6 Å². The lowest BCUT2D eigenvalue weighted by molar-refractivity contribution is 0.182. The summed E-state index contributed by atoms with van der Waals surface area (Å²) in [4.78, 5) is 2.32. The van der Waals surface area contributed by atoms with Gasteiger partial charge in [-0.05, 0) is 31.7 Å². The van der Waals surface area contributed by atoms with Gasteiger partial charge in [0, 0.05) is 32.2 Å². The van der Waals surface area contributed by atoms with Crippen molar-refractivity contribution in [2.45, 2.75) is 25.3 Å². The molecule has 2 N–H and O–H groups in total. The normalized spacial score (nSPS) is 26.0. The second kappa shape index (κ2) is 5.22. The molecule has 1 aliphatic heterocycles. The van der Waals surface area contributed by atoms with Crippen LogP contribution in [-0.4, -0.2) is 62.6 Å². The zero-order valence-corrected chi connectivity index (χ0v) is 11.3. The van der Waals surface area contributed by atoms with Crippen molar-refractivity contribution in [3.63, 3.8) is 0 Å². The van der Waals surface area contributed by atoms with Gasteiger partial charge in [0.05, 0.1) is 6.26 Å². The van der Waals surface area contributed by atoms with E-state index in [1.54, 1.807) is 4.31 Å². The van der Waals surface area contributed by atoms with Gasteiger partial charge in [-0.15, -0.1) is 0 Å². The third kappa shape index (κ3) is 3.91. The molecule has 1 unspecified atom stereocenters. The van der Waals surface area contributed by atoms with Crippen molar-refractivity contribution in [2.75, 3.05) is 39.0 Å². The van der Waals surface area contributed by atoms with Crippen LogP contribution in [0, 0.1) is 5.92 Å². The summed E-state index contributed by atoms with van der Waals surface area (Å²) in [6.45, 7) is 3.93. The van der Waals surface area contributed by atoms with Crippen LogP contribution in [0.15, 0.2) is 0 Å². The molecule has 0 radical (unpaired) electrons. The van der Waals surface area contributed by atoms with Crippen LogP contribution in [0.3, 0.4) is 0 Å². The lowest BCUT2D eigenvalue weighted by atomic mass is 10.1. The van der Waals surface area contributed by atoms with E-state index in [2.05, 4.69) is 4.90 Å². The molecule has 0 aromatic carbocycles. The summed E-state index contributed by atoms with van der Waals surface area (Å²) in [5, 5.41) is 0. The van der Waals surface area contributed by atoms with Gasteiger partial charge >= 0.3 is 0 Å². The minimum absolute atomic E-state index is 0.350. The fourth-order valence-electron chi connectivity index (χ4n) is 2.38. The highest BCUT2D eigenvalue weighted by atomic mass is 32.2. The van der Waals surface area contributed by atoms with E-state index in [1.807, 2.05) is 0 Å². The number of sulfonamides is 1. The minimum Gasteiger partial charge on any atom is -0.327 e. The van der Waals surface area contributed by atoms with Gasteiger partial charge in [0.2, 0.25) is 10.0 Å². The van der Waals surface area contributed by atoms with Gasteiger partial charge in [-0.1, -0.05) is 0 Å². The Morgan fingerprint density at radius 2 is 1.82 bits per heavy atom. The maximum Gasteiger partial charge on any atom is 0.211 e. The molecule has 17 heavy (non-hydrogen) atoms. The molecule has 100 valence electrons. The molecule has 0 spiro atoms. The molecule has 1 saturated heterocycles. The van der Waals surface area contributed by atoms with Gasteiger partial charge in [-0.25, -0.2) is 8.42 Å². The van der Waals surface area contributed by atoms with Crippen molar-refractivity contribution in [2.24, 2.45) is 11.7 Å². The molecule has 1 aliphatic carbocycles. The molecule has 2 fully saturated rings. The van der Waals surface area contributed by atoms with E-state index in [4.69, 9.17) is 5.73 Å². The molecule has 2 aliphatic rings. The number of hydrogen-bond donors (Lipinski definition) is 1. The molecule has 5 nitrogen and oxygen atoms in total. The Morgan fingerprint density at radius 3 is 2.29 bits per heavy atom. The minimum atomic E-state index is -3.00. The van der Waals surface area contributed by atoms with Crippen LogP contribution < -0.4 is 5.73 Å². The van der Waals surface area contributed by atoms with E-state index in [0.717, 1.165) is 32.0 Å². The number of piperazine rings is 1. The molecule has 0 amide bonds. The first-order valence-electron chi connectivity index (χ1n) is 6.40. The summed E-state index contributed by atoms with van der Waals surface area (Å²) in [6, 6.07) is 0.350. The first-order valence-corrected chi connectivity index (χ1v) is 8.25. The summed E-state index contributed by atoms with van der Waals surface area (Å²) in [5.74, 6) is 0.757. The van der Waals surface area contributed by atoms with Crippen molar-refractivity contribution in [3.05, 3.63) is 0 Å². The third-order valence-corrected chi connectivity index (χ3v) is 5.11. The van der Waals surface area contributed by atoms with Gasteiger partial charge in [0.1, 0.15) is 0 Å². The Kier molecular flexibility index (Phi) is 4.07. The Labute approximate surface area is 104 Å². The Hall–Kier alpha value is -0.170. The SMILES string of the molecule is CS(=O)(=O)N1CCN(CCC(N)C2CC2)CC1. The zero-order valence-electron chi connectivity index (χ0n) is 10.5. The van der Waals surface area contributed by atoms with Crippen molar-refractivity contribution >= 4 is 10.0 Å². The monoisotopic (exact) mass is 261 g/mol. The topological polar surface area (TPSA) is 66.6 Å². The smallest absolute Gasteiger partial charge is 0.211 e. The van der Waals surface area contributed by atoms with E-state index in [-0.39, 0.29) is 0 Å². The molecular weight excluding hydrogens is 238 g/mol. The summed E-state index contributed by atoms with van der Waals surface area (Å²) >= 11 is 0. The quantitative estimate of drug-likeness (QED) is 0.737. The maximum absolute atomic E-state index is 11.3. The number of hydrogen-bond acceptors (Lipinski definition) is 4. The van der Waals surface area contributed by atoms with Crippen LogP contribution in [0.4, 0.5) is 0 Å². The maximum atomic E-state index is 11.3. The average Bonchev–Trinajstić information content (AvgIpc) is 3.09. The van der Waals surface area contributed by atoms with E-state index in [1.165, 1.54) is 19.1 Å². The van der Waals surface area contributed by atoms with E-state index in [0.29, 0.717) is 19.1 Å². The summed E-state index contributed by atoms with van der Waals surface area (Å²) in [7, 11) is -3.00. The third-order valence-electron chi connectivity index (χ3n) is 3.81. The Balaban J connectivity index is 1.68. The Morgan fingerprint density at radius 1 is 1.24 bits per heavy atom. The highest BCUT2D eigenvalue weighted by Gasteiger charge is 2.29. The first kappa shape index (κ1) is 13.3. The summed E-state index contributed by atoms with van der Waals surface area (Å²) in [6.07, 6.45) is 4.92. The number of nitrogens with zero attached hydrogens (tertiary/aromatic N) is 2. The number of rotatable bonds is 5. The lowest BCUT2D eigenvalue weighted by Crippen LogP contribution is -2.49. The molecule has 6 heteroatoms. The molecule has 1 atom stereocenters. The predicted octanol–water partition coefficient (Wildman–Crippen LogP) is -0.309. The van der Waals surface area contributed by atoms with Crippen LogP contribution >= 0.6 is 0 Å². The molecule has 1 saturated carbocycles. The van der Waals surface area contributed by atoms with Crippen LogP contribution in [0.2, 0.25) is 0 Å². The van der Waals surface area contributed by atoms with Crippen molar-refractivity contribution in [1.29, 1.82) is 0 Å². The molecule has 0 aromatic rings. The highest BCUT2D eigenvalue weighted by Crippen LogP contribution is 2.32.